The van der Waals surface area contributed by atoms with Crippen molar-refractivity contribution in [3.8, 4) is 0 Å². The molecule has 0 aliphatic carbocycles. The second-order valence-corrected chi connectivity index (χ2v) is 5.27. The summed E-state index contributed by atoms with van der Waals surface area (Å²) in [5, 5.41) is 11.3. The number of halogens is 2. The predicted octanol–water partition coefficient (Wildman–Crippen LogP) is 1.82. The van der Waals surface area contributed by atoms with E-state index >= 15 is 0 Å². The van der Waals surface area contributed by atoms with E-state index in [1.54, 1.807) is 0 Å². The van der Waals surface area contributed by atoms with Crippen molar-refractivity contribution < 1.29 is 19.1 Å². The summed E-state index contributed by atoms with van der Waals surface area (Å²) in [5.74, 6) is -1.66. The Bertz CT molecular complexity index is 532. The number of anilines is 1. The molecule has 0 spiro atoms. The van der Waals surface area contributed by atoms with E-state index < -0.39 is 11.8 Å². The monoisotopic (exact) mass is 300 g/mol. The van der Waals surface area contributed by atoms with E-state index in [0.29, 0.717) is 13.1 Å². The molecule has 0 unspecified atom stereocenters. The van der Waals surface area contributed by atoms with Crippen molar-refractivity contribution in [1.82, 2.24) is 4.90 Å². The molecule has 1 amide bonds. The van der Waals surface area contributed by atoms with Gasteiger partial charge in [-0.2, -0.15) is 0 Å². The second-order valence-electron chi connectivity index (χ2n) is 4.83. The highest BCUT2D eigenvalue weighted by Gasteiger charge is 2.29. The first-order chi connectivity index (χ1) is 9.44. The van der Waals surface area contributed by atoms with Crippen LogP contribution in [0.2, 0.25) is 5.02 Å². The lowest BCUT2D eigenvalue weighted by atomic mass is 9.96. The molecule has 2 N–H and O–H groups in total. The number of hydrogen-bond donors (Lipinski definition) is 2. The largest absolute Gasteiger partial charge is 0.481 e. The molecule has 0 atom stereocenters. The van der Waals surface area contributed by atoms with Gasteiger partial charge in [-0.1, -0.05) is 11.6 Å². The summed E-state index contributed by atoms with van der Waals surface area (Å²) >= 11 is 5.62. The van der Waals surface area contributed by atoms with Crippen LogP contribution in [0.3, 0.4) is 0 Å². The maximum atomic E-state index is 13.5. The minimum atomic E-state index is -0.831. The number of carboxylic acids is 1. The van der Waals surface area contributed by atoms with E-state index in [2.05, 4.69) is 5.32 Å². The molecule has 0 aromatic heterocycles. The molecule has 20 heavy (non-hydrogen) atoms. The summed E-state index contributed by atoms with van der Waals surface area (Å²) in [5.41, 5.74) is 0.0852. The molecule has 0 saturated carbocycles. The lowest BCUT2D eigenvalue weighted by Gasteiger charge is -2.37. The molecule has 1 heterocycles. The summed E-state index contributed by atoms with van der Waals surface area (Å²) in [7, 11) is 0. The summed E-state index contributed by atoms with van der Waals surface area (Å²) in [6, 6.07) is 4.02. The molecular formula is C13H14ClFN2O3. The van der Waals surface area contributed by atoms with Gasteiger partial charge in [-0.3, -0.25) is 14.5 Å². The molecule has 7 heteroatoms. The normalized spacial score (nSPS) is 15.7. The quantitative estimate of drug-likeness (QED) is 0.870. The fourth-order valence-electron chi connectivity index (χ4n) is 2.17. The molecule has 1 saturated heterocycles. The average molecular weight is 301 g/mol. The van der Waals surface area contributed by atoms with Gasteiger partial charge in [-0.05, 0) is 24.1 Å². The molecule has 1 aliphatic heterocycles. The first kappa shape index (κ1) is 14.7. The number of hydrogen-bond acceptors (Lipinski definition) is 3. The number of benzene rings is 1. The Hall–Kier alpha value is -1.66. The fraction of sp³-hybridized carbons (Fsp3) is 0.385. The van der Waals surface area contributed by atoms with Gasteiger partial charge < -0.3 is 10.4 Å². The molecule has 0 radical (unpaired) electrons. The van der Waals surface area contributed by atoms with E-state index in [-0.39, 0.29) is 35.5 Å². The van der Waals surface area contributed by atoms with Crippen LogP contribution in [0.1, 0.15) is 6.42 Å². The zero-order valence-electron chi connectivity index (χ0n) is 10.6. The van der Waals surface area contributed by atoms with Crippen molar-refractivity contribution in [2.24, 2.45) is 5.92 Å². The van der Waals surface area contributed by atoms with Crippen LogP contribution in [0.4, 0.5) is 10.1 Å². The number of amides is 1. The maximum Gasteiger partial charge on any atom is 0.303 e. The highest BCUT2D eigenvalue weighted by atomic mass is 35.5. The van der Waals surface area contributed by atoms with Crippen LogP contribution < -0.4 is 5.32 Å². The molecule has 108 valence electrons. The number of nitrogens with zero attached hydrogens (tertiary/aromatic N) is 1. The zero-order valence-corrected chi connectivity index (χ0v) is 11.4. The Morgan fingerprint density at radius 3 is 2.75 bits per heavy atom. The number of carboxylic acid groups (broad SMARTS) is 1. The van der Waals surface area contributed by atoms with Crippen molar-refractivity contribution in [1.29, 1.82) is 0 Å². The van der Waals surface area contributed by atoms with Crippen LogP contribution in [0.5, 0.6) is 0 Å². The first-order valence-corrected chi connectivity index (χ1v) is 6.51. The lowest BCUT2D eigenvalue weighted by Crippen LogP contribution is -2.50. The Morgan fingerprint density at radius 1 is 1.45 bits per heavy atom. The number of carbonyl (C=O) groups is 2. The molecule has 0 bridgehead atoms. The molecular weight excluding hydrogens is 287 g/mol. The van der Waals surface area contributed by atoms with Gasteiger partial charge in [-0.25, -0.2) is 4.39 Å². The number of aliphatic carboxylic acids is 1. The molecule has 2 rings (SSSR count). The van der Waals surface area contributed by atoms with Crippen molar-refractivity contribution in [2.45, 2.75) is 6.42 Å². The summed E-state index contributed by atoms with van der Waals surface area (Å²) in [4.78, 5) is 24.0. The predicted molar refractivity (Wildman–Crippen MR) is 72.2 cm³/mol. The highest BCUT2D eigenvalue weighted by molar-refractivity contribution is 6.30. The zero-order chi connectivity index (χ0) is 14.7. The number of nitrogens with one attached hydrogen (secondary N) is 1. The van der Waals surface area contributed by atoms with Gasteiger partial charge in [0.25, 0.3) is 0 Å². The lowest BCUT2D eigenvalue weighted by molar-refractivity contribution is -0.139. The fourth-order valence-corrected chi connectivity index (χ4v) is 2.32. The molecule has 5 nitrogen and oxygen atoms in total. The second kappa shape index (κ2) is 6.19. The van der Waals surface area contributed by atoms with Gasteiger partial charge in [-0.15, -0.1) is 0 Å². The van der Waals surface area contributed by atoms with E-state index in [9.17, 15) is 14.0 Å². The number of rotatable bonds is 5. The van der Waals surface area contributed by atoms with Crippen LogP contribution in [0.25, 0.3) is 0 Å². The van der Waals surface area contributed by atoms with Gasteiger partial charge in [0.05, 0.1) is 18.7 Å². The Kier molecular flexibility index (Phi) is 4.57. The molecule has 1 aromatic carbocycles. The minimum Gasteiger partial charge on any atom is -0.481 e. The van der Waals surface area contributed by atoms with E-state index in [1.807, 2.05) is 4.90 Å². The third kappa shape index (κ3) is 3.91. The maximum absolute atomic E-state index is 13.5. The summed E-state index contributed by atoms with van der Waals surface area (Å²) in [6.07, 6.45) is 0.115. The Balaban J connectivity index is 1.78. The smallest absolute Gasteiger partial charge is 0.303 e. The summed E-state index contributed by atoms with van der Waals surface area (Å²) in [6.45, 7) is 1.27. The van der Waals surface area contributed by atoms with Crippen molar-refractivity contribution in [3.05, 3.63) is 29.0 Å². The first-order valence-electron chi connectivity index (χ1n) is 6.13. The SMILES string of the molecule is O=C(O)CC1CN(CC(=O)Nc2ccc(Cl)cc2F)C1. The topological polar surface area (TPSA) is 69.6 Å². The van der Waals surface area contributed by atoms with Crippen molar-refractivity contribution in [2.75, 3.05) is 25.0 Å². The van der Waals surface area contributed by atoms with Crippen molar-refractivity contribution >= 4 is 29.2 Å². The minimum absolute atomic E-state index is 0.0852. The average Bonchev–Trinajstić information content (AvgIpc) is 2.29. The Morgan fingerprint density at radius 2 is 2.15 bits per heavy atom. The van der Waals surface area contributed by atoms with E-state index in [4.69, 9.17) is 16.7 Å². The van der Waals surface area contributed by atoms with Gasteiger partial charge >= 0.3 is 5.97 Å². The van der Waals surface area contributed by atoms with Crippen molar-refractivity contribution in [3.63, 3.8) is 0 Å². The Labute approximate surface area is 120 Å². The van der Waals surface area contributed by atoms with Gasteiger partial charge in [0.1, 0.15) is 5.82 Å². The third-order valence-corrected chi connectivity index (χ3v) is 3.30. The molecule has 1 aliphatic rings. The van der Waals surface area contributed by atoms with Crippen LogP contribution in [0, 0.1) is 11.7 Å². The van der Waals surface area contributed by atoms with Gasteiger partial charge in [0, 0.05) is 18.1 Å². The highest BCUT2D eigenvalue weighted by Crippen LogP contribution is 2.20. The van der Waals surface area contributed by atoms with Crippen LogP contribution in [-0.4, -0.2) is 41.5 Å². The summed E-state index contributed by atoms with van der Waals surface area (Å²) < 4.78 is 13.5. The van der Waals surface area contributed by atoms with Gasteiger partial charge in [0.15, 0.2) is 0 Å². The van der Waals surface area contributed by atoms with Crippen LogP contribution in [-0.2, 0) is 9.59 Å². The third-order valence-electron chi connectivity index (χ3n) is 3.07. The molecule has 1 aromatic rings. The standard InChI is InChI=1S/C13H14ClFN2O3/c14-9-1-2-11(10(15)4-9)16-12(18)7-17-5-8(6-17)3-13(19)20/h1-2,4,8H,3,5-7H2,(H,16,18)(H,19,20). The van der Waals surface area contributed by atoms with Crippen LogP contribution >= 0.6 is 11.6 Å². The molecule has 1 fully saturated rings. The van der Waals surface area contributed by atoms with Crippen LogP contribution in [0.15, 0.2) is 18.2 Å². The van der Waals surface area contributed by atoms with Gasteiger partial charge in [0.2, 0.25) is 5.91 Å². The number of likely N-dealkylation sites (tertiary alicyclic amines) is 1. The number of carbonyl (C=O) groups excluding carboxylic acids is 1. The van der Waals surface area contributed by atoms with E-state index in [1.165, 1.54) is 12.1 Å². The van der Waals surface area contributed by atoms with E-state index in [0.717, 1.165) is 6.07 Å².